The maximum atomic E-state index is 10.9. The van der Waals surface area contributed by atoms with Crippen molar-refractivity contribution in [1.29, 1.82) is 0 Å². The number of benzene rings is 1. The maximum Gasteiger partial charge on any atom is 0.434 e. The fourth-order valence-corrected chi connectivity index (χ4v) is 3.11. The standard InChI is InChI=1S/C10H7IN3O2P/c11-7-4-14(17)8-2-1-5(3-6(7)8)9-12-13-10(15)16-9/h1-4H,17H2,(H,13,15). The van der Waals surface area contributed by atoms with Crippen LogP contribution in [0, 0.1) is 3.57 Å². The van der Waals surface area contributed by atoms with Crippen LogP contribution >= 0.6 is 32.0 Å². The van der Waals surface area contributed by atoms with Gasteiger partial charge in [0.1, 0.15) is 0 Å². The number of nitrogens with one attached hydrogen (secondary N) is 1. The minimum Gasteiger partial charge on any atom is -0.388 e. The van der Waals surface area contributed by atoms with E-state index in [2.05, 4.69) is 42.2 Å². The summed E-state index contributed by atoms with van der Waals surface area (Å²) in [5.41, 5.74) is 1.88. The Kier molecular flexibility index (Phi) is 2.56. The van der Waals surface area contributed by atoms with Gasteiger partial charge in [0, 0.05) is 20.7 Å². The van der Waals surface area contributed by atoms with Crippen LogP contribution in [0.2, 0.25) is 0 Å². The van der Waals surface area contributed by atoms with E-state index < -0.39 is 5.76 Å². The third-order valence-corrected chi connectivity index (χ3v) is 3.76. The van der Waals surface area contributed by atoms with Crippen LogP contribution in [0.5, 0.6) is 0 Å². The minimum atomic E-state index is -0.543. The lowest BCUT2D eigenvalue weighted by atomic mass is 10.1. The van der Waals surface area contributed by atoms with E-state index in [4.69, 9.17) is 4.42 Å². The molecule has 0 saturated carbocycles. The molecule has 3 aromatic rings. The monoisotopic (exact) mass is 359 g/mol. The molecule has 0 radical (unpaired) electrons. The van der Waals surface area contributed by atoms with Crippen molar-refractivity contribution < 1.29 is 4.42 Å². The largest absolute Gasteiger partial charge is 0.434 e. The molecular formula is C10H7IN3O2P. The summed E-state index contributed by atoms with van der Waals surface area (Å²) in [5.74, 6) is -0.234. The number of fused-ring (bicyclic) bond motifs is 1. The highest BCUT2D eigenvalue weighted by atomic mass is 127. The van der Waals surface area contributed by atoms with Crippen molar-refractivity contribution in [2.75, 3.05) is 0 Å². The number of hydrogen-bond acceptors (Lipinski definition) is 3. The Hall–Kier alpha value is -1.14. The highest BCUT2D eigenvalue weighted by Crippen LogP contribution is 2.28. The Morgan fingerprint density at radius 2 is 2.29 bits per heavy atom. The van der Waals surface area contributed by atoms with E-state index in [1.54, 1.807) is 0 Å². The number of rotatable bonds is 1. The quantitative estimate of drug-likeness (QED) is 0.536. The van der Waals surface area contributed by atoms with E-state index in [0.29, 0.717) is 5.89 Å². The predicted octanol–water partition coefficient (Wildman–Crippen LogP) is 2.23. The first-order valence-corrected chi connectivity index (χ1v) is 6.36. The van der Waals surface area contributed by atoms with Gasteiger partial charge in [-0.05, 0) is 50.2 Å². The Labute approximate surface area is 112 Å². The summed E-state index contributed by atoms with van der Waals surface area (Å²) in [5, 5.41) is 7.16. The molecule has 0 aliphatic carbocycles. The lowest BCUT2D eigenvalue weighted by molar-refractivity contribution is 0.527. The Bertz CT molecular complexity index is 758. The number of halogens is 1. The number of hydrogen-bond donors (Lipinski definition) is 1. The summed E-state index contributed by atoms with van der Waals surface area (Å²) in [7, 11) is 2.63. The molecular weight excluding hydrogens is 352 g/mol. The first kappa shape index (κ1) is 11.0. The molecule has 5 nitrogen and oxygen atoms in total. The second-order valence-electron chi connectivity index (χ2n) is 3.53. The van der Waals surface area contributed by atoms with Gasteiger partial charge in [0.25, 0.3) is 0 Å². The van der Waals surface area contributed by atoms with E-state index in [9.17, 15) is 4.79 Å². The van der Waals surface area contributed by atoms with Gasteiger partial charge >= 0.3 is 5.76 Å². The van der Waals surface area contributed by atoms with Crippen LogP contribution < -0.4 is 5.76 Å². The fourth-order valence-electron chi connectivity index (χ4n) is 1.70. The van der Waals surface area contributed by atoms with Crippen LogP contribution in [0.4, 0.5) is 0 Å². The van der Waals surface area contributed by atoms with Crippen molar-refractivity contribution in [2.45, 2.75) is 0 Å². The molecule has 1 unspecified atom stereocenters. The van der Waals surface area contributed by atoms with Gasteiger partial charge in [0.2, 0.25) is 5.89 Å². The van der Waals surface area contributed by atoms with Gasteiger partial charge in [-0.3, -0.25) is 0 Å². The van der Waals surface area contributed by atoms with Crippen molar-refractivity contribution in [3.63, 3.8) is 0 Å². The average Bonchev–Trinajstić information content (AvgIpc) is 2.85. The fraction of sp³-hybridized carbons (Fsp3) is 0. The molecule has 3 rings (SSSR count). The highest BCUT2D eigenvalue weighted by molar-refractivity contribution is 14.1. The van der Waals surface area contributed by atoms with Crippen molar-refractivity contribution in [2.24, 2.45) is 0 Å². The summed E-state index contributed by atoms with van der Waals surface area (Å²) >= 11 is 2.27. The van der Waals surface area contributed by atoms with Gasteiger partial charge in [-0.25, -0.2) is 9.89 Å². The summed E-state index contributed by atoms with van der Waals surface area (Å²) in [6, 6.07) is 5.80. The summed E-state index contributed by atoms with van der Waals surface area (Å²) in [6.45, 7) is 0. The second kappa shape index (κ2) is 3.96. The molecule has 17 heavy (non-hydrogen) atoms. The van der Waals surface area contributed by atoms with Gasteiger partial charge < -0.3 is 8.75 Å². The normalized spacial score (nSPS) is 11.2. The topological polar surface area (TPSA) is 63.8 Å². The first-order chi connectivity index (χ1) is 8.15. The van der Waals surface area contributed by atoms with E-state index in [1.807, 2.05) is 28.7 Å². The van der Waals surface area contributed by atoms with Crippen LogP contribution in [0.15, 0.2) is 33.6 Å². The van der Waals surface area contributed by atoms with Crippen LogP contribution in [-0.2, 0) is 0 Å². The summed E-state index contributed by atoms with van der Waals surface area (Å²) in [4.78, 5) is 10.9. The number of H-pyrrole nitrogens is 1. The molecule has 2 aromatic heterocycles. The molecule has 1 aromatic carbocycles. The zero-order valence-electron chi connectivity index (χ0n) is 8.48. The van der Waals surface area contributed by atoms with Gasteiger partial charge in [0.15, 0.2) is 0 Å². The molecule has 0 spiro atoms. The van der Waals surface area contributed by atoms with Gasteiger partial charge in [-0.1, -0.05) is 0 Å². The number of nitrogens with zero attached hydrogens (tertiary/aromatic N) is 2. The molecule has 0 aliphatic rings. The number of aromatic nitrogens is 3. The smallest absolute Gasteiger partial charge is 0.388 e. The van der Waals surface area contributed by atoms with Crippen molar-refractivity contribution >= 4 is 42.9 Å². The van der Waals surface area contributed by atoms with Crippen molar-refractivity contribution in [1.82, 2.24) is 14.5 Å². The van der Waals surface area contributed by atoms with Crippen LogP contribution in [0.3, 0.4) is 0 Å². The zero-order valence-corrected chi connectivity index (χ0v) is 11.8. The SMILES string of the molecule is O=c1[nH]nc(-c2ccc3c(c2)c(I)cn3P)o1. The lowest BCUT2D eigenvalue weighted by Gasteiger charge is -1.97. The Balaban J connectivity index is 2.26. The summed E-state index contributed by atoms with van der Waals surface area (Å²) in [6.07, 6.45) is 2.01. The first-order valence-electron chi connectivity index (χ1n) is 4.77. The van der Waals surface area contributed by atoms with Crippen molar-refractivity contribution in [3.05, 3.63) is 38.5 Å². The zero-order chi connectivity index (χ0) is 12.0. The molecule has 0 saturated heterocycles. The van der Waals surface area contributed by atoms with Crippen LogP contribution in [-0.4, -0.2) is 14.5 Å². The molecule has 2 heterocycles. The van der Waals surface area contributed by atoms with E-state index in [0.717, 1.165) is 20.0 Å². The van der Waals surface area contributed by atoms with Crippen LogP contribution in [0.25, 0.3) is 22.4 Å². The molecule has 0 bridgehead atoms. The molecule has 7 heteroatoms. The average molecular weight is 359 g/mol. The second-order valence-corrected chi connectivity index (χ2v) is 5.25. The molecule has 1 atom stereocenters. The lowest BCUT2D eigenvalue weighted by Crippen LogP contribution is -1.93. The molecule has 0 fully saturated rings. The van der Waals surface area contributed by atoms with Gasteiger partial charge in [-0.2, -0.15) is 0 Å². The molecule has 0 amide bonds. The minimum absolute atomic E-state index is 0.309. The van der Waals surface area contributed by atoms with E-state index >= 15 is 0 Å². The maximum absolute atomic E-state index is 10.9. The van der Waals surface area contributed by atoms with E-state index in [-0.39, 0.29) is 0 Å². The number of aromatic amines is 1. The third kappa shape index (κ3) is 1.81. The van der Waals surface area contributed by atoms with Crippen LogP contribution in [0.1, 0.15) is 0 Å². The molecule has 86 valence electrons. The Morgan fingerprint density at radius 3 is 3.00 bits per heavy atom. The molecule has 1 N–H and O–H groups in total. The van der Waals surface area contributed by atoms with Crippen molar-refractivity contribution in [3.8, 4) is 11.5 Å². The predicted molar refractivity (Wildman–Crippen MR) is 75.9 cm³/mol. The van der Waals surface area contributed by atoms with Gasteiger partial charge in [0.05, 0.1) is 5.52 Å². The Morgan fingerprint density at radius 1 is 1.47 bits per heavy atom. The highest BCUT2D eigenvalue weighted by Gasteiger charge is 2.09. The summed E-state index contributed by atoms with van der Waals surface area (Å²) < 4.78 is 8.03. The van der Waals surface area contributed by atoms with Gasteiger partial charge in [-0.15, -0.1) is 5.10 Å². The molecule has 0 aliphatic heterocycles. The van der Waals surface area contributed by atoms with E-state index in [1.165, 1.54) is 0 Å². The third-order valence-electron chi connectivity index (χ3n) is 2.47.